The third kappa shape index (κ3) is 0.660. The summed E-state index contributed by atoms with van der Waals surface area (Å²) in [6, 6.07) is 0. The average molecular weight is 148 g/mol. The van der Waals surface area contributed by atoms with Crippen molar-refractivity contribution in [3.05, 3.63) is 11.6 Å². The Bertz CT molecular complexity index is 208. The number of hydrogen-bond donors (Lipinski definition) is 0. The fourth-order valence-corrected chi connectivity index (χ4v) is 3.37. The van der Waals surface area contributed by atoms with Gasteiger partial charge < -0.3 is 0 Å². The second-order valence-corrected chi connectivity index (χ2v) is 4.64. The van der Waals surface area contributed by atoms with Gasteiger partial charge in [-0.3, -0.25) is 0 Å². The molecule has 1 spiro atoms. The van der Waals surface area contributed by atoms with Gasteiger partial charge in [0.1, 0.15) is 0 Å². The van der Waals surface area contributed by atoms with E-state index in [0.717, 1.165) is 11.3 Å². The van der Waals surface area contributed by atoms with E-state index in [1.54, 1.807) is 19.3 Å². The van der Waals surface area contributed by atoms with Crippen molar-refractivity contribution >= 4 is 0 Å². The van der Waals surface area contributed by atoms with Crippen LogP contribution >= 0.6 is 0 Å². The Morgan fingerprint density at radius 1 is 1.18 bits per heavy atom. The van der Waals surface area contributed by atoms with Crippen molar-refractivity contribution in [1.82, 2.24) is 0 Å². The highest BCUT2D eigenvalue weighted by Crippen LogP contribution is 2.60. The van der Waals surface area contributed by atoms with Crippen molar-refractivity contribution in [3.8, 4) is 0 Å². The molecule has 0 N–H and O–H groups in total. The minimum atomic E-state index is 0.850. The maximum Gasteiger partial charge on any atom is -0.0112 e. The van der Waals surface area contributed by atoms with E-state index in [9.17, 15) is 0 Å². The lowest BCUT2D eigenvalue weighted by molar-refractivity contribution is 0.0273. The van der Waals surface area contributed by atoms with Crippen LogP contribution in [0, 0.1) is 11.3 Å². The van der Waals surface area contributed by atoms with Crippen LogP contribution in [-0.2, 0) is 0 Å². The molecule has 11 heavy (non-hydrogen) atoms. The summed E-state index contributed by atoms with van der Waals surface area (Å²) in [6.45, 7) is 0. The van der Waals surface area contributed by atoms with E-state index in [0.29, 0.717) is 0 Å². The van der Waals surface area contributed by atoms with Gasteiger partial charge in [0.2, 0.25) is 0 Å². The summed E-state index contributed by atoms with van der Waals surface area (Å²) in [6.07, 6.45) is 13.0. The van der Waals surface area contributed by atoms with Gasteiger partial charge in [-0.1, -0.05) is 18.1 Å². The molecular formula is C11H16. The summed E-state index contributed by atoms with van der Waals surface area (Å²) in [5.74, 6) is 1.06. The molecule has 0 nitrogen and oxygen atoms in total. The van der Waals surface area contributed by atoms with Crippen LogP contribution in [0.15, 0.2) is 11.6 Å². The largest absolute Gasteiger partial charge is 0.0844 e. The molecule has 1 atom stereocenters. The number of fused-ring (bicyclic) bond motifs is 2. The molecular weight excluding hydrogens is 132 g/mol. The third-order valence-corrected chi connectivity index (χ3v) is 4.29. The average Bonchev–Trinajstić information content (AvgIpc) is 1.87. The van der Waals surface area contributed by atoms with E-state index < -0.39 is 0 Å². The Morgan fingerprint density at radius 3 is 2.45 bits per heavy atom. The minimum Gasteiger partial charge on any atom is -0.0844 e. The fourth-order valence-electron chi connectivity index (χ4n) is 3.37. The van der Waals surface area contributed by atoms with E-state index >= 15 is 0 Å². The minimum absolute atomic E-state index is 0.850. The Balaban J connectivity index is 1.89. The van der Waals surface area contributed by atoms with Crippen LogP contribution in [0.1, 0.15) is 44.9 Å². The van der Waals surface area contributed by atoms with Crippen LogP contribution in [0.2, 0.25) is 0 Å². The Morgan fingerprint density at radius 2 is 2.00 bits per heavy atom. The van der Waals surface area contributed by atoms with Crippen molar-refractivity contribution in [3.63, 3.8) is 0 Å². The van der Waals surface area contributed by atoms with Crippen LogP contribution in [0.25, 0.3) is 0 Å². The molecule has 60 valence electrons. The molecule has 2 saturated carbocycles. The lowest BCUT2D eigenvalue weighted by Crippen LogP contribution is -2.43. The first-order valence-electron chi connectivity index (χ1n) is 5.10. The molecule has 0 bridgehead atoms. The van der Waals surface area contributed by atoms with Crippen LogP contribution in [-0.4, -0.2) is 0 Å². The first kappa shape index (κ1) is 6.28. The van der Waals surface area contributed by atoms with E-state index in [2.05, 4.69) is 6.08 Å². The van der Waals surface area contributed by atoms with E-state index in [1.165, 1.54) is 25.7 Å². The van der Waals surface area contributed by atoms with Crippen molar-refractivity contribution < 1.29 is 0 Å². The van der Waals surface area contributed by atoms with Gasteiger partial charge in [0, 0.05) is 0 Å². The SMILES string of the molecule is C1=C2CCCC3(CCC3)C2C1. The second-order valence-electron chi connectivity index (χ2n) is 4.64. The monoisotopic (exact) mass is 148 g/mol. The molecule has 0 aliphatic heterocycles. The smallest absolute Gasteiger partial charge is 0.0112 e. The molecule has 2 fully saturated rings. The zero-order chi connectivity index (χ0) is 7.31. The molecule has 0 aromatic rings. The van der Waals surface area contributed by atoms with E-state index in [1.807, 2.05) is 5.57 Å². The van der Waals surface area contributed by atoms with Crippen molar-refractivity contribution in [1.29, 1.82) is 0 Å². The molecule has 1 unspecified atom stereocenters. The number of allylic oxidation sites excluding steroid dienone is 2. The van der Waals surface area contributed by atoms with Crippen molar-refractivity contribution in [2.45, 2.75) is 44.9 Å². The van der Waals surface area contributed by atoms with Crippen LogP contribution in [0.5, 0.6) is 0 Å². The maximum atomic E-state index is 2.49. The third-order valence-electron chi connectivity index (χ3n) is 4.29. The normalized spacial score (nSPS) is 38.5. The Labute approximate surface area is 68.7 Å². The molecule has 0 radical (unpaired) electrons. The summed E-state index contributed by atoms with van der Waals surface area (Å²) in [5, 5.41) is 0. The van der Waals surface area contributed by atoms with Crippen molar-refractivity contribution in [2.75, 3.05) is 0 Å². The Kier molecular flexibility index (Phi) is 1.09. The summed E-state index contributed by atoms with van der Waals surface area (Å²) in [5.41, 5.74) is 2.68. The van der Waals surface area contributed by atoms with Crippen LogP contribution in [0.4, 0.5) is 0 Å². The van der Waals surface area contributed by atoms with Gasteiger partial charge in [-0.15, -0.1) is 0 Å². The molecule has 0 aromatic carbocycles. The molecule has 0 heteroatoms. The molecule has 0 aromatic heterocycles. The Hall–Kier alpha value is -0.260. The highest BCUT2D eigenvalue weighted by molar-refractivity contribution is 5.25. The predicted molar refractivity (Wildman–Crippen MR) is 46.3 cm³/mol. The molecule has 0 saturated heterocycles. The van der Waals surface area contributed by atoms with Crippen molar-refractivity contribution in [2.24, 2.45) is 11.3 Å². The fraction of sp³-hybridized carbons (Fsp3) is 0.818. The van der Waals surface area contributed by atoms with Gasteiger partial charge in [-0.05, 0) is 49.9 Å². The van der Waals surface area contributed by atoms with Crippen LogP contribution < -0.4 is 0 Å². The van der Waals surface area contributed by atoms with Gasteiger partial charge >= 0.3 is 0 Å². The molecule has 3 aliphatic carbocycles. The van der Waals surface area contributed by atoms with Gasteiger partial charge in [0.05, 0.1) is 0 Å². The molecule has 3 rings (SSSR count). The number of hydrogen-bond acceptors (Lipinski definition) is 0. The molecule has 0 amide bonds. The zero-order valence-corrected chi connectivity index (χ0v) is 7.10. The standard InChI is InChI=1S/C11H16/c1-3-9-4-5-10(9)11(6-1)7-2-8-11/h4,10H,1-3,5-8H2. The van der Waals surface area contributed by atoms with Gasteiger partial charge in [-0.2, -0.15) is 0 Å². The van der Waals surface area contributed by atoms with Gasteiger partial charge in [-0.25, -0.2) is 0 Å². The van der Waals surface area contributed by atoms with E-state index in [-0.39, 0.29) is 0 Å². The van der Waals surface area contributed by atoms with Crippen LogP contribution in [0.3, 0.4) is 0 Å². The quantitative estimate of drug-likeness (QED) is 0.462. The van der Waals surface area contributed by atoms with Gasteiger partial charge in [0.15, 0.2) is 0 Å². The summed E-state index contributed by atoms with van der Waals surface area (Å²) < 4.78 is 0. The summed E-state index contributed by atoms with van der Waals surface area (Å²) in [7, 11) is 0. The van der Waals surface area contributed by atoms with Gasteiger partial charge in [0.25, 0.3) is 0 Å². The topological polar surface area (TPSA) is 0 Å². The summed E-state index contributed by atoms with van der Waals surface area (Å²) in [4.78, 5) is 0. The first-order chi connectivity index (χ1) is 5.41. The van der Waals surface area contributed by atoms with E-state index in [4.69, 9.17) is 0 Å². The molecule has 0 heterocycles. The first-order valence-corrected chi connectivity index (χ1v) is 5.10. The zero-order valence-electron chi connectivity index (χ0n) is 7.10. The lowest BCUT2D eigenvalue weighted by atomic mass is 9.50. The number of rotatable bonds is 0. The lowest BCUT2D eigenvalue weighted by Gasteiger charge is -2.55. The highest BCUT2D eigenvalue weighted by atomic mass is 14.5. The molecule has 3 aliphatic rings. The predicted octanol–water partition coefficient (Wildman–Crippen LogP) is 3.29. The second kappa shape index (κ2) is 1.91. The summed E-state index contributed by atoms with van der Waals surface area (Å²) >= 11 is 0. The maximum absolute atomic E-state index is 2.49. The highest BCUT2D eigenvalue weighted by Gasteiger charge is 2.48.